The maximum Gasteiger partial charge on any atom is 0.405 e. The molecule has 8 nitrogen and oxygen atoms in total. The number of fused-ring (bicyclic) bond motifs is 2. The first-order chi connectivity index (χ1) is 18.2. The minimum Gasteiger partial charge on any atom is -0.476 e. The van der Waals surface area contributed by atoms with E-state index in [1.807, 2.05) is 0 Å². The highest BCUT2D eigenvalue weighted by Crippen LogP contribution is 2.41. The highest BCUT2D eigenvalue weighted by molar-refractivity contribution is 6.35. The number of piperidine rings is 1. The Morgan fingerprint density at radius 2 is 1.74 bits per heavy atom. The van der Waals surface area contributed by atoms with Gasteiger partial charge in [0.1, 0.15) is 18.1 Å². The highest BCUT2D eigenvalue weighted by Gasteiger charge is 2.44. The summed E-state index contributed by atoms with van der Waals surface area (Å²) in [6.07, 6.45) is -0.0707. The van der Waals surface area contributed by atoms with Gasteiger partial charge >= 0.3 is 12.2 Å². The summed E-state index contributed by atoms with van der Waals surface area (Å²) < 4.78 is 42.8. The van der Waals surface area contributed by atoms with Crippen molar-refractivity contribution in [3.05, 3.63) is 45.5 Å². The molecule has 4 rings (SSSR count). The van der Waals surface area contributed by atoms with Gasteiger partial charge in [-0.25, -0.2) is 9.78 Å². The van der Waals surface area contributed by atoms with Crippen LogP contribution in [0.15, 0.2) is 30.5 Å². The summed E-state index contributed by atoms with van der Waals surface area (Å²) in [5.41, 5.74) is -1.02. The molecule has 2 aliphatic rings. The number of amides is 3. The first-order valence-electron chi connectivity index (χ1n) is 12.2. The topological polar surface area (TPSA) is 95.6 Å². The Morgan fingerprint density at radius 3 is 2.33 bits per heavy atom. The number of alkyl halides is 3. The summed E-state index contributed by atoms with van der Waals surface area (Å²) in [6.45, 7) is 1.88. The minimum atomic E-state index is -4.52. The summed E-state index contributed by atoms with van der Waals surface area (Å²) in [5, 5.41) is 8.16. The predicted octanol–water partition coefficient (Wildman–Crippen LogP) is 6.20. The van der Waals surface area contributed by atoms with Gasteiger partial charge in [-0.1, -0.05) is 34.8 Å². The number of benzene rings is 1. The second-order valence-corrected chi connectivity index (χ2v) is 11.3. The Bertz CT molecular complexity index is 1230. The number of urea groups is 1. The van der Waals surface area contributed by atoms with Crippen LogP contribution in [0.2, 0.25) is 15.1 Å². The number of carbonyl (C=O) groups excluding carboxylic acids is 2. The van der Waals surface area contributed by atoms with Gasteiger partial charge in [-0.3, -0.25) is 4.79 Å². The van der Waals surface area contributed by atoms with Crippen LogP contribution in [0.25, 0.3) is 0 Å². The van der Waals surface area contributed by atoms with Crippen LogP contribution in [-0.4, -0.2) is 53.4 Å². The van der Waals surface area contributed by atoms with Gasteiger partial charge in [0.15, 0.2) is 5.60 Å². The van der Waals surface area contributed by atoms with E-state index in [0.717, 1.165) is 12.8 Å². The van der Waals surface area contributed by atoms with Crippen LogP contribution < -0.4 is 25.6 Å². The zero-order valence-corrected chi connectivity index (χ0v) is 23.3. The summed E-state index contributed by atoms with van der Waals surface area (Å²) in [6, 6.07) is 5.28. The van der Waals surface area contributed by atoms with Crippen molar-refractivity contribution in [2.75, 3.05) is 16.8 Å². The van der Waals surface area contributed by atoms with Gasteiger partial charge in [-0.05, 0) is 63.8 Å². The fraction of sp³-hybridized carbons (Fsp3) is 0.480. The van der Waals surface area contributed by atoms with E-state index < -0.39 is 24.4 Å². The first-order valence-corrected chi connectivity index (χ1v) is 13.4. The zero-order chi connectivity index (χ0) is 28.5. The van der Waals surface area contributed by atoms with Crippen molar-refractivity contribution in [3.8, 4) is 5.75 Å². The Balaban J connectivity index is 1.36. The lowest BCUT2D eigenvalue weighted by Crippen LogP contribution is -2.55. The maximum atomic E-state index is 13.1. The predicted molar refractivity (Wildman–Crippen MR) is 144 cm³/mol. The standard InChI is InChI=1S/C25H27Cl3F3N5O3/c1-24(2,39-20-6-3-13(26)7-18(20)27)22(37)34-14-8-16-4-5-17(9-14)36(16)21-19(28)10-15(11-32-21)35-23(38)33-12-25(29,30)31/h3,6-7,10-11,14,16-17H,4-5,8-9,12H2,1-2H3,(H,34,37)(H2,33,35,38)/t14?,16-,17+. The molecule has 14 heteroatoms. The van der Waals surface area contributed by atoms with E-state index in [-0.39, 0.29) is 34.7 Å². The van der Waals surface area contributed by atoms with Gasteiger partial charge in [-0.15, -0.1) is 0 Å². The second kappa shape index (κ2) is 11.5. The first kappa shape index (κ1) is 29.4. The number of nitrogens with zero attached hydrogens (tertiary/aromatic N) is 2. The number of ether oxygens (including phenoxy) is 1. The Hall–Kier alpha value is -2.63. The van der Waals surface area contributed by atoms with Gasteiger partial charge in [-0.2, -0.15) is 13.2 Å². The number of hydrogen-bond donors (Lipinski definition) is 3. The molecular weight excluding hydrogens is 582 g/mol. The molecule has 1 aromatic heterocycles. The number of pyridine rings is 1. The van der Waals surface area contributed by atoms with E-state index in [2.05, 4.69) is 20.5 Å². The van der Waals surface area contributed by atoms with Crippen LogP contribution in [-0.2, 0) is 4.79 Å². The summed E-state index contributed by atoms with van der Waals surface area (Å²) in [7, 11) is 0. The molecule has 0 saturated carbocycles. The van der Waals surface area contributed by atoms with Crippen LogP contribution in [0, 0.1) is 0 Å². The van der Waals surface area contributed by atoms with Gasteiger partial charge in [0.2, 0.25) is 0 Å². The minimum absolute atomic E-state index is 0.0719. The number of hydrogen-bond acceptors (Lipinski definition) is 5. The fourth-order valence-electron chi connectivity index (χ4n) is 4.92. The van der Waals surface area contributed by atoms with Crippen LogP contribution in [0.3, 0.4) is 0 Å². The lowest BCUT2D eigenvalue weighted by atomic mass is 9.96. The SMILES string of the molecule is CC(C)(Oc1ccc(Cl)cc1Cl)C(=O)NC1C[C@H]2CC[C@@H](C1)N2c1ncc(NC(=O)NCC(F)(F)F)cc1Cl. The summed E-state index contributed by atoms with van der Waals surface area (Å²) >= 11 is 18.6. The smallest absolute Gasteiger partial charge is 0.405 e. The third-order valence-electron chi connectivity index (χ3n) is 6.65. The Labute approximate surface area is 238 Å². The molecule has 2 aliphatic heterocycles. The molecule has 3 amide bonds. The third kappa shape index (κ3) is 7.32. The Kier molecular flexibility index (Phi) is 8.63. The summed E-state index contributed by atoms with van der Waals surface area (Å²) in [4.78, 5) is 31.4. The van der Waals surface area contributed by atoms with E-state index in [0.29, 0.717) is 34.5 Å². The number of carbonyl (C=O) groups is 2. The molecule has 2 fully saturated rings. The molecule has 1 unspecified atom stereocenters. The highest BCUT2D eigenvalue weighted by atomic mass is 35.5. The lowest BCUT2D eigenvalue weighted by molar-refractivity contribution is -0.135. The van der Waals surface area contributed by atoms with E-state index in [1.165, 1.54) is 12.3 Å². The number of halogens is 6. The van der Waals surface area contributed by atoms with Crippen molar-refractivity contribution >= 4 is 58.2 Å². The molecule has 0 radical (unpaired) electrons. The van der Waals surface area contributed by atoms with Crippen LogP contribution >= 0.6 is 34.8 Å². The van der Waals surface area contributed by atoms with Gasteiger partial charge in [0.25, 0.3) is 5.91 Å². The van der Waals surface area contributed by atoms with Crippen molar-refractivity contribution in [2.45, 2.75) is 69.4 Å². The van der Waals surface area contributed by atoms with E-state index in [9.17, 15) is 22.8 Å². The largest absolute Gasteiger partial charge is 0.476 e. The normalized spacial score (nSPS) is 20.9. The van der Waals surface area contributed by atoms with Crippen molar-refractivity contribution in [1.82, 2.24) is 15.6 Å². The molecule has 3 heterocycles. The summed E-state index contributed by atoms with van der Waals surface area (Å²) in [5.74, 6) is 0.602. The van der Waals surface area contributed by atoms with Crippen LogP contribution in [0.5, 0.6) is 5.75 Å². The number of nitrogens with one attached hydrogen (secondary N) is 3. The number of rotatable bonds is 7. The molecule has 3 N–H and O–H groups in total. The maximum absolute atomic E-state index is 13.1. The molecule has 0 aliphatic carbocycles. The fourth-order valence-corrected chi connectivity index (χ4v) is 5.63. The van der Waals surface area contributed by atoms with Crippen molar-refractivity contribution < 1.29 is 27.5 Å². The number of aromatic nitrogens is 1. The number of anilines is 2. The molecule has 39 heavy (non-hydrogen) atoms. The molecule has 2 saturated heterocycles. The molecular formula is C25H27Cl3F3N5O3. The van der Waals surface area contributed by atoms with Crippen LogP contribution in [0.1, 0.15) is 39.5 Å². The van der Waals surface area contributed by atoms with Gasteiger partial charge in [0.05, 0.1) is 21.9 Å². The van der Waals surface area contributed by atoms with E-state index in [1.54, 1.807) is 37.4 Å². The molecule has 2 aromatic rings. The third-order valence-corrected chi connectivity index (χ3v) is 7.46. The molecule has 0 spiro atoms. The average molecular weight is 609 g/mol. The monoisotopic (exact) mass is 607 g/mol. The quantitative estimate of drug-likeness (QED) is 0.348. The molecule has 1 aromatic carbocycles. The molecule has 3 atom stereocenters. The van der Waals surface area contributed by atoms with Crippen LogP contribution in [0.4, 0.5) is 29.5 Å². The average Bonchev–Trinajstić information content (AvgIpc) is 3.08. The lowest BCUT2D eigenvalue weighted by Gasteiger charge is -2.41. The van der Waals surface area contributed by atoms with E-state index >= 15 is 0 Å². The Morgan fingerprint density at radius 1 is 1.08 bits per heavy atom. The zero-order valence-electron chi connectivity index (χ0n) is 21.0. The van der Waals surface area contributed by atoms with Gasteiger partial charge < -0.3 is 25.6 Å². The van der Waals surface area contributed by atoms with E-state index in [4.69, 9.17) is 39.5 Å². The van der Waals surface area contributed by atoms with Crippen molar-refractivity contribution in [1.29, 1.82) is 0 Å². The van der Waals surface area contributed by atoms with Crippen molar-refractivity contribution in [2.24, 2.45) is 0 Å². The van der Waals surface area contributed by atoms with Gasteiger partial charge in [0, 0.05) is 23.1 Å². The second-order valence-electron chi connectivity index (χ2n) is 10.1. The van der Waals surface area contributed by atoms with Crippen molar-refractivity contribution in [3.63, 3.8) is 0 Å². The molecule has 2 bridgehead atoms. The molecule has 212 valence electrons.